The first-order valence-corrected chi connectivity index (χ1v) is 10.5. The predicted molar refractivity (Wildman–Crippen MR) is 123 cm³/mol. The molecule has 1 N–H and O–H groups in total. The highest BCUT2D eigenvalue weighted by Crippen LogP contribution is 2.36. The van der Waals surface area contributed by atoms with Crippen LogP contribution < -0.4 is 4.90 Å². The van der Waals surface area contributed by atoms with Gasteiger partial charge < -0.3 is 4.98 Å². The number of hydrogen-bond donors (Lipinski definition) is 1. The second kappa shape index (κ2) is 8.20. The quantitative estimate of drug-likeness (QED) is 0.444. The molecule has 0 saturated carbocycles. The summed E-state index contributed by atoms with van der Waals surface area (Å²) in [5.74, 6) is -0.542. The van der Waals surface area contributed by atoms with E-state index < -0.39 is 0 Å². The third kappa shape index (κ3) is 4.00. The molecule has 5 rings (SSSR count). The van der Waals surface area contributed by atoms with E-state index in [4.69, 9.17) is 4.99 Å². The number of rotatable bonds is 4. The number of halogens is 1. The van der Waals surface area contributed by atoms with Crippen LogP contribution in [-0.2, 0) is 11.3 Å². The highest BCUT2D eigenvalue weighted by atomic mass is 32.2. The molecular weight excluding hydrogens is 411 g/mol. The smallest absolute Gasteiger partial charge is 0.271 e. The van der Waals surface area contributed by atoms with E-state index in [-0.39, 0.29) is 11.7 Å². The van der Waals surface area contributed by atoms with Gasteiger partial charge in [-0.1, -0.05) is 36.4 Å². The number of H-pyrrole nitrogens is 1. The van der Waals surface area contributed by atoms with Crippen molar-refractivity contribution in [2.24, 2.45) is 4.99 Å². The van der Waals surface area contributed by atoms with E-state index in [1.54, 1.807) is 18.5 Å². The van der Waals surface area contributed by atoms with Gasteiger partial charge in [-0.25, -0.2) is 9.37 Å². The Labute approximate surface area is 182 Å². The molecule has 4 aromatic rings. The molecule has 0 atom stereocenters. The minimum absolute atomic E-state index is 0.189. The van der Waals surface area contributed by atoms with Crippen molar-refractivity contribution in [3.05, 3.63) is 101 Å². The summed E-state index contributed by atoms with van der Waals surface area (Å²) in [6.07, 6.45) is 3.48. The summed E-state index contributed by atoms with van der Waals surface area (Å²) in [7, 11) is 0. The number of aromatic nitrogens is 2. The number of nitrogens with one attached hydrogen (secondary N) is 1. The van der Waals surface area contributed by atoms with Crippen LogP contribution >= 0.6 is 11.8 Å². The number of nitrogens with zero attached hydrogens (tertiary/aromatic N) is 3. The molecule has 1 aromatic heterocycles. The van der Waals surface area contributed by atoms with Crippen LogP contribution in [0.25, 0.3) is 17.1 Å². The van der Waals surface area contributed by atoms with Gasteiger partial charge in [-0.05, 0) is 65.4 Å². The molecule has 0 bridgehead atoms. The van der Waals surface area contributed by atoms with Gasteiger partial charge in [0.2, 0.25) is 0 Å². The van der Waals surface area contributed by atoms with Crippen LogP contribution in [0.5, 0.6) is 0 Å². The maximum Gasteiger partial charge on any atom is 0.271 e. The summed E-state index contributed by atoms with van der Waals surface area (Å²) in [6.45, 7) is 0.445. The molecule has 0 aliphatic carbocycles. The summed E-state index contributed by atoms with van der Waals surface area (Å²) in [6, 6.07) is 21.5. The van der Waals surface area contributed by atoms with Gasteiger partial charge in [0.05, 0.1) is 34.5 Å². The summed E-state index contributed by atoms with van der Waals surface area (Å²) in [5, 5.41) is 0.563. The number of imidazole rings is 1. The van der Waals surface area contributed by atoms with E-state index in [0.29, 0.717) is 22.3 Å². The Morgan fingerprint density at radius 3 is 2.68 bits per heavy atom. The third-order valence-electron chi connectivity index (χ3n) is 4.87. The van der Waals surface area contributed by atoms with E-state index in [1.807, 2.05) is 54.6 Å². The highest BCUT2D eigenvalue weighted by molar-refractivity contribution is 8.19. The first-order chi connectivity index (χ1) is 15.2. The molecule has 1 aliphatic heterocycles. The van der Waals surface area contributed by atoms with Crippen LogP contribution in [0.1, 0.15) is 11.1 Å². The van der Waals surface area contributed by atoms with Crippen molar-refractivity contribution in [1.29, 1.82) is 0 Å². The lowest BCUT2D eigenvalue weighted by Crippen LogP contribution is -2.28. The number of amides is 1. The number of anilines is 1. The molecule has 0 spiro atoms. The number of benzene rings is 3. The van der Waals surface area contributed by atoms with Gasteiger partial charge in [0.15, 0.2) is 5.17 Å². The van der Waals surface area contributed by atoms with Crippen molar-refractivity contribution >= 4 is 45.6 Å². The Bertz CT molecular complexity index is 1310. The molecule has 1 amide bonds. The summed E-state index contributed by atoms with van der Waals surface area (Å²) >= 11 is 1.31. The number of carbonyl (C=O) groups is 1. The van der Waals surface area contributed by atoms with Crippen LogP contribution in [-0.4, -0.2) is 21.0 Å². The zero-order valence-electron chi connectivity index (χ0n) is 16.3. The van der Waals surface area contributed by atoms with E-state index >= 15 is 0 Å². The first-order valence-electron chi connectivity index (χ1n) is 9.68. The van der Waals surface area contributed by atoms with Crippen LogP contribution in [0.3, 0.4) is 0 Å². The summed E-state index contributed by atoms with van der Waals surface area (Å²) in [4.78, 5) is 27.4. The van der Waals surface area contributed by atoms with E-state index in [1.165, 1.54) is 28.8 Å². The summed E-state index contributed by atoms with van der Waals surface area (Å²) < 4.78 is 13.4. The topological polar surface area (TPSA) is 61.4 Å². The van der Waals surface area contributed by atoms with Crippen molar-refractivity contribution < 1.29 is 9.18 Å². The second-order valence-corrected chi connectivity index (χ2v) is 8.00. The van der Waals surface area contributed by atoms with Gasteiger partial charge in [0.25, 0.3) is 5.91 Å². The Hall–Kier alpha value is -3.71. The first kappa shape index (κ1) is 19.3. The fourth-order valence-electron chi connectivity index (χ4n) is 3.33. The molecule has 1 aliphatic rings. The zero-order valence-corrected chi connectivity index (χ0v) is 17.1. The Morgan fingerprint density at radius 2 is 1.87 bits per heavy atom. The lowest BCUT2D eigenvalue weighted by molar-refractivity contribution is -0.113. The van der Waals surface area contributed by atoms with Gasteiger partial charge in [-0.15, -0.1) is 0 Å². The number of hydrogen-bond acceptors (Lipinski definition) is 4. The van der Waals surface area contributed by atoms with Crippen molar-refractivity contribution in [3.63, 3.8) is 0 Å². The lowest BCUT2D eigenvalue weighted by Gasteiger charge is -2.15. The number of aliphatic imine (C=N–C) groups is 1. The van der Waals surface area contributed by atoms with Crippen molar-refractivity contribution in [2.75, 3.05) is 4.90 Å². The minimum Gasteiger partial charge on any atom is -0.345 e. The predicted octanol–water partition coefficient (Wildman–Crippen LogP) is 5.38. The van der Waals surface area contributed by atoms with Gasteiger partial charge >= 0.3 is 0 Å². The van der Waals surface area contributed by atoms with E-state index in [9.17, 15) is 9.18 Å². The molecule has 1 saturated heterocycles. The SMILES string of the molecule is O=C1C(=Cc2ccc3[nH]cnc3c2)SC(=NCc2ccccc2)N1c1ccc(F)cc1. The average Bonchev–Trinajstić information content (AvgIpc) is 3.38. The molecule has 7 heteroatoms. The number of aromatic amines is 1. The van der Waals surface area contributed by atoms with E-state index in [0.717, 1.165) is 22.2 Å². The average molecular weight is 428 g/mol. The third-order valence-corrected chi connectivity index (χ3v) is 5.88. The molecule has 2 heterocycles. The number of fused-ring (bicyclic) bond motifs is 1. The molecular formula is C24H17FN4OS. The van der Waals surface area contributed by atoms with Crippen molar-refractivity contribution in [2.45, 2.75) is 6.54 Å². The van der Waals surface area contributed by atoms with Gasteiger partial charge in [0.1, 0.15) is 5.82 Å². The Balaban J connectivity index is 1.51. The van der Waals surface area contributed by atoms with Crippen LogP contribution in [0.15, 0.2) is 89.0 Å². The second-order valence-electron chi connectivity index (χ2n) is 6.99. The van der Waals surface area contributed by atoms with Gasteiger partial charge in [-0.2, -0.15) is 0 Å². The zero-order chi connectivity index (χ0) is 21.2. The number of thioether (sulfide) groups is 1. The van der Waals surface area contributed by atoms with Crippen LogP contribution in [0.2, 0.25) is 0 Å². The molecule has 5 nitrogen and oxygen atoms in total. The highest BCUT2D eigenvalue weighted by Gasteiger charge is 2.34. The van der Waals surface area contributed by atoms with Crippen LogP contribution in [0, 0.1) is 5.82 Å². The summed E-state index contributed by atoms with van der Waals surface area (Å²) in [5.41, 5.74) is 4.27. The van der Waals surface area contributed by atoms with Gasteiger partial charge in [-0.3, -0.25) is 14.7 Å². The molecule has 31 heavy (non-hydrogen) atoms. The monoisotopic (exact) mass is 428 g/mol. The van der Waals surface area contributed by atoms with E-state index in [2.05, 4.69) is 9.97 Å². The fraction of sp³-hybridized carbons (Fsp3) is 0.0417. The molecule has 3 aromatic carbocycles. The fourth-order valence-corrected chi connectivity index (χ4v) is 4.31. The standard InChI is InChI=1S/C24H17FN4OS/c25-18-7-9-19(10-8-18)29-23(30)22(13-17-6-11-20-21(12-17)28-15-27-20)31-24(29)26-14-16-4-2-1-3-5-16/h1-13,15H,14H2,(H,27,28). The van der Waals surface area contributed by atoms with Gasteiger partial charge in [0, 0.05) is 0 Å². The molecule has 0 unspecified atom stereocenters. The molecule has 152 valence electrons. The number of amidine groups is 1. The van der Waals surface area contributed by atoms with Crippen molar-refractivity contribution in [1.82, 2.24) is 9.97 Å². The Morgan fingerprint density at radius 1 is 1.06 bits per heavy atom. The van der Waals surface area contributed by atoms with Crippen LogP contribution in [0.4, 0.5) is 10.1 Å². The van der Waals surface area contributed by atoms with Crippen molar-refractivity contribution in [3.8, 4) is 0 Å². The maximum atomic E-state index is 13.4. The largest absolute Gasteiger partial charge is 0.345 e. The Kier molecular flexibility index (Phi) is 5.09. The molecule has 1 fully saturated rings. The lowest BCUT2D eigenvalue weighted by atomic mass is 10.2. The minimum atomic E-state index is -0.353. The maximum absolute atomic E-state index is 13.4. The molecule has 0 radical (unpaired) electrons. The number of carbonyl (C=O) groups excluding carboxylic acids is 1. The normalized spacial score (nSPS) is 16.7.